The molecule has 0 radical (unpaired) electrons. The molecule has 2 heterocycles. The van der Waals surface area contributed by atoms with E-state index in [2.05, 4.69) is 10.1 Å². The molecule has 0 bridgehead atoms. The Balaban J connectivity index is 2.76. The summed E-state index contributed by atoms with van der Waals surface area (Å²) in [4.78, 5) is 14.3. The summed E-state index contributed by atoms with van der Waals surface area (Å²) >= 11 is 0. The standard InChI is InChI=1S/C8H8N4O2/c1-5-3-8-9-6(2)10-11(8)4-7(5)12(13)14/h3-4H,1-2H3. The molecule has 0 aliphatic heterocycles. The van der Waals surface area contributed by atoms with Gasteiger partial charge in [0.25, 0.3) is 5.69 Å². The molecule has 2 aromatic rings. The summed E-state index contributed by atoms with van der Waals surface area (Å²) in [6.07, 6.45) is 1.38. The fourth-order valence-electron chi connectivity index (χ4n) is 1.32. The number of nitrogens with zero attached hydrogens (tertiary/aromatic N) is 4. The number of aryl methyl sites for hydroxylation is 2. The summed E-state index contributed by atoms with van der Waals surface area (Å²) in [5, 5.41) is 14.6. The minimum Gasteiger partial charge on any atom is -0.258 e. The van der Waals surface area contributed by atoms with Gasteiger partial charge >= 0.3 is 0 Å². The van der Waals surface area contributed by atoms with Gasteiger partial charge in [-0.2, -0.15) is 5.10 Å². The van der Waals surface area contributed by atoms with Crippen LogP contribution < -0.4 is 0 Å². The van der Waals surface area contributed by atoms with Crippen molar-refractivity contribution in [3.63, 3.8) is 0 Å². The number of hydrogen-bond acceptors (Lipinski definition) is 4. The number of nitro groups is 1. The van der Waals surface area contributed by atoms with Gasteiger partial charge in [-0.1, -0.05) is 0 Å². The van der Waals surface area contributed by atoms with Gasteiger partial charge < -0.3 is 0 Å². The molecule has 14 heavy (non-hydrogen) atoms. The first kappa shape index (κ1) is 8.61. The Hall–Kier alpha value is -1.98. The third-order valence-electron chi connectivity index (χ3n) is 1.95. The Morgan fingerprint density at radius 2 is 2.21 bits per heavy atom. The van der Waals surface area contributed by atoms with E-state index in [4.69, 9.17) is 0 Å². The quantitative estimate of drug-likeness (QED) is 0.503. The molecule has 0 fully saturated rings. The van der Waals surface area contributed by atoms with Crippen LogP contribution in [-0.4, -0.2) is 19.5 Å². The van der Waals surface area contributed by atoms with Crippen molar-refractivity contribution in [1.82, 2.24) is 14.6 Å². The third-order valence-corrected chi connectivity index (χ3v) is 1.95. The van der Waals surface area contributed by atoms with Gasteiger partial charge in [0.15, 0.2) is 5.65 Å². The summed E-state index contributed by atoms with van der Waals surface area (Å²) in [6, 6.07) is 1.65. The highest BCUT2D eigenvalue weighted by Crippen LogP contribution is 2.18. The van der Waals surface area contributed by atoms with Crippen molar-refractivity contribution >= 4 is 11.3 Å². The predicted octanol–water partition coefficient (Wildman–Crippen LogP) is 1.25. The summed E-state index contributed by atoms with van der Waals surface area (Å²) in [5.74, 6) is 0.602. The Morgan fingerprint density at radius 3 is 2.86 bits per heavy atom. The summed E-state index contributed by atoms with van der Waals surface area (Å²) in [7, 11) is 0. The van der Waals surface area contributed by atoms with Crippen LogP contribution in [0.2, 0.25) is 0 Å². The average molecular weight is 192 g/mol. The number of hydrogen-bond donors (Lipinski definition) is 0. The van der Waals surface area contributed by atoms with Crippen LogP contribution >= 0.6 is 0 Å². The zero-order valence-electron chi connectivity index (χ0n) is 7.76. The minimum atomic E-state index is -0.425. The van der Waals surface area contributed by atoms with Gasteiger partial charge in [0, 0.05) is 5.56 Å². The van der Waals surface area contributed by atoms with Crippen LogP contribution in [0.1, 0.15) is 11.4 Å². The maximum atomic E-state index is 10.6. The van der Waals surface area contributed by atoms with Crippen LogP contribution in [0.3, 0.4) is 0 Å². The molecule has 0 aliphatic carbocycles. The van der Waals surface area contributed by atoms with E-state index in [1.54, 1.807) is 19.9 Å². The van der Waals surface area contributed by atoms with E-state index >= 15 is 0 Å². The molecule has 0 aliphatic rings. The first-order valence-electron chi connectivity index (χ1n) is 4.06. The van der Waals surface area contributed by atoms with E-state index in [1.807, 2.05) is 0 Å². The van der Waals surface area contributed by atoms with Gasteiger partial charge in [-0.05, 0) is 19.9 Å². The van der Waals surface area contributed by atoms with E-state index in [9.17, 15) is 10.1 Å². The van der Waals surface area contributed by atoms with E-state index in [0.717, 1.165) is 0 Å². The zero-order valence-corrected chi connectivity index (χ0v) is 7.76. The number of rotatable bonds is 1. The van der Waals surface area contributed by atoms with Crippen LogP contribution in [0.25, 0.3) is 5.65 Å². The SMILES string of the molecule is Cc1nc2cc(C)c([N+](=O)[O-])cn2n1. The normalized spacial score (nSPS) is 10.7. The largest absolute Gasteiger partial charge is 0.290 e. The molecule has 0 amide bonds. The molecule has 6 nitrogen and oxygen atoms in total. The molecule has 0 spiro atoms. The number of aromatic nitrogens is 3. The highest BCUT2D eigenvalue weighted by Gasteiger charge is 2.13. The molecule has 0 aromatic carbocycles. The van der Waals surface area contributed by atoms with Crippen molar-refractivity contribution in [2.75, 3.05) is 0 Å². The van der Waals surface area contributed by atoms with E-state index in [-0.39, 0.29) is 5.69 Å². The zero-order chi connectivity index (χ0) is 10.3. The summed E-state index contributed by atoms with van der Waals surface area (Å²) in [5.41, 5.74) is 1.28. The molecule has 0 atom stereocenters. The van der Waals surface area contributed by atoms with Crippen molar-refractivity contribution in [3.05, 3.63) is 33.8 Å². The Labute approximate surface area is 79.3 Å². The van der Waals surface area contributed by atoms with Crippen molar-refractivity contribution in [2.45, 2.75) is 13.8 Å². The lowest BCUT2D eigenvalue weighted by Gasteiger charge is -1.96. The van der Waals surface area contributed by atoms with E-state index in [1.165, 1.54) is 10.7 Å². The van der Waals surface area contributed by atoms with Crippen molar-refractivity contribution < 1.29 is 4.92 Å². The van der Waals surface area contributed by atoms with Crippen LogP contribution in [0.5, 0.6) is 0 Å². The molecule has 2 rings (SSSR count). The van der Waals surface area contributed by atoms with Gasteiger partial charge in [0.2, 0.25) is 0 Å². The maximum Gasteiger partial charge on any atom is 0.290 e. The van der Waals surface area contributed by atoms with E-state index in [0.29, 0.717) is 17.0 Å². The maximum absolute atomic E-state index is 10.6. The minimum absolute atomic E-state index is 0.0578. The fraction of sp³-hybridized carbons (Fsp3) is 0.250. The van der Waals surface area contributed by atoms with Crippen molar-refractivity contribution in [1.29, 1.82) is 0 Å². The lowest BCUT2D eigenvalue weighted by Crippen LogP contribution is -1.96. The number of fused-ring (bicyclic) bond motifs is 1. The van der Waals surface area contributed by atoms with Crippen LogP contribution in [0, 0.1) is 24.0 Å². The first-order chi connectivity index (χ1) is 6.58. The molecular weight excluding hydrogens is 184 g/mol. The second-order valence-corrected chi connectivity index (χ2v) is 3.06. The monoisotopic (exact) mass is 192 g/mol. The van der Waals surface area contributed by atoms with Crippen molar-refractivity contribution in [3.8, 4) is 0 Å². The molecule has 0 unspecified atom stereocenters. The van der Waals surface area contributed by atoms with Gasteiger partial charge in [0.05, 0.1) is 4.92 Å². The molecule has 0 N–H and O–H groups in total. The van der Waals surface area contributed by atoms with Crippen LogP contribution in [0.15, 0.2) is 12.3 Å². The molecule has 72 valence electrons. The van der Waals surface area contributed by atoms with Gasteiger partial charge in [-0.25, -0.2) is 9.50 Å². The highest BCUT2D eigenvalue weighted by molar-refractivity contribution is 5.49. The van der Waals surface area contributed by atoms with Gasteiger partial charge in [-0.15, -0.1) is 0 Å². The van der Waals surface area contributed by atoms with E-state index < -0.39 is 4.92 Å². The number of pyridine rings is 1. The lowest BCUT2D eigenvalue weighted by atomic mass is 10.2. The summed E-state index contributed by atoms with van der Waals surface area (Å²) in [6.45, 7) is 3.43. The van der Waals surface area contributed by atoms with Gasteiger partial charge in [0.1, 0.15) is 12.0 Å². The van der Waals surface area contributed by atoms with Crippen LogP contribution in [0.4, 0.5) is 5.69 Å². The molecule has 0 saturated heterocycles. The molecule has 0 saturated carbocycles. The fourth-order valence-corrected chi connectivity index (χ4v) is 1.32. The second kappa shape index (κ2) is 2.76. The summed E-state index contributed by atoms with van der Waals surface area (Å²) < 4.78 is 1.42. The topological polar surface area (TPSA) is 73.3 Å². The smallest absolute Gasteiger partial charge is 0.258 e. The average Bonchev–Trinajstić information content (AvgIpc) is 2.42. The Bertz CT molecular complexity index is 517. The van der Waals surface area contributed by atoms with Gasteiger partial charge in [-0.3, -0.25) is 10.1 Å². The molecule has 2 aromatic heterocycles. The molecule has 6 heteroatoms. The first-order valence-corrected chi connectivity index (χ1v) is 4.06. The Morgan fingerprint density at radius 1 is 1.50 bits per heavy atom. The second-order valence-electron chi connectivity index (χ2n) is 3.06. The Kier molecular flexibility index (Phi) is 1.70. The highest BCUT2D eigenvalue weighted by atomic mass is 16.6. The van der Waals surface area contributed by atoms with Crippen LogP contribution in [-0.2, 0) is 0 Å². The predicted molar refractivity (Wildman–Crippen MR) is 49.1 cm³/mol. The third kappa shape index (κ3) is 1.20. The van der Waals surface area contributed by atoms with Crippen molar-refractivity contribution in [2.24, 2.45) is 0 Å². The lowest BCUT2D eigenvalue weighted by molar-refractivity contribution is -0.385. The molecular formula is C8H8N4O2.